The molecule has 0 saturated carbocycles. The minimum Gasteiger partial charge on any atom is -0.320 e. The molecule has 0 aliphatic rings. The molecule has 0 atom stereocenters. The molecule has 1 aromatic carbocycles. The minimum absolute atomic E-state index is 0.241. The van der Waals surface area contributed by atoms with Crippen molar-refractivity contribution in [2.45, 2.75) is 12.8 Å². The van der Waals surface area contributed by atoms with Gasteiger partial charge in [-0.2, -0.15) is 0 Å². The molecule has 0 amide bonds. The standard InChI is InChI=1S/C12H14FN3S/c1-14-7-3-6-11-15-16-12(17-11)9-4-2-5-10(13)8-9/h2,4-5,8,14H,3,6-7H2,1H3. The Morgan fingerprint density at radius 3 is 3.00 bits per heavy atom. The highest BCUT2D eigenvalue weighted by Gasteiger charge is 2.06. The van der Waals surface area contributed by atoms with Crippen LogP contribution in [0.4, 0.5) is 4.39 Å². The average molecular weight is 251 g/mol. The first-order chi connectivity index (χ1) is 8.29. The van der Waals surface area contributed by atoms with Crippen molar-refractivity contribution in [3.05, 3.63) is 35.1 Å². The van der Waals surface area contributed by atoms with Gasteiger partial charge >= 0.3 is 0 Å². The molecule has 0 unspecified atom stereocenters. The van der Waals surface area contributed by atoms with Crippen LogP contribution >= 0.6 is 11.3 Å². The smallest absolute Gasteiger partial charge is 0.147 e. The lowest BCUT2D eigenvalue weighted by Gasteiger charge is -1.95. The summed E-state index contributed by atoms with van der Waals surface area (Å²) in [6.45, 7) is 0.967. The Morgan fingerprint density at radius 2 is 2.24 bits per heavy atom. The second-order valence-electron chi connectivity index (χ2n) is 3.72. The average Bonchev–Trinajstić information content (AvgIpc) is 2.78. The van der Waals surface area contributed by atoms with Crippen LogP contribution in [0.5, 0.6) is 0 Å². The van der Waals surface area contributed by atoms with E-state index in [1.807, 2.05) is 13.1 Å². The summed E-state index contributed by atoms with van der Waals surface area (Å²) < 4.78 is 13.1. The molecule has 90 valence electrons. The summed E-state index contributed by atoms with van der Waals surface area (Å²) >= 11 is 1.53. The van der Waals surface area contributed by atoms with Crippen LogP contribution in [0, 0.1) is 5.82 Å². The van der Waals surface area contributed by atoms with Crippen molar-refractivity contribution in [3.63, 3.8) is 0 Å². The lowest BCUT2D eigenvalue weighted by Crippen LogP contribution is -2.08. The molecule has 17 heavy (non-hydrogen) atoms. The van der Waals surface area contributed by atoms with E-state index in [0.717, 1.165) is 35.0 Å². The Labute approximate surface area is 104 Å². The maximum absolute atomic E-state index is 13.1. The van der Waals surface area contributed by atoms with E-state index in [4.69, 9.17) is 0 Å². The zero-order valence-corrected chi connectivity index (χ0v) is 10.4. The predicted molar refractivity (Wildman–Crippen MR) is 67.6 cm³/mol. The van der Waals surface area contributed by atoms with E-state index in [2.05, 4.69) is 15.5 Å². The number of aryl methyl sites for hydroxylation is 1. The quantitative estimate of drug-likeness (QED) is 0.830. The monoisotopic (exact) mass is 251 g/mol. The van der Waals surface area contributed by atoms with Crippen LogP contribution in [0.25, 0.3) is 10.6 Å². The van der Waals surface area contributed by atoms with E-state index in [0.29, 0.717) is 0 Å². The third-order valence-corrected chi connectivity index (χ3v) is 3.39. The highest BCUT2D eigenvalue weighted by Crippen LogP contribution is 2.24. The van der Waals surface area contributed by atoms with Crippen LogP contribution < -0.4 is 5.32 Å². The first kappa shape index (κ1) is 12.1. The molecule has 2 rings (SSSR count). The molecular weight excluding hydrogens is 237 g/mol. The first-order valence-corrected chi connectivity index (χ1v) is 6.34. The van der Waals surface area contributed by atoms with Gasteiger partial charge in [0.2, 0.25) is 0 Å². The van der Waals surface area contributed by atoms with Crippen LogP contribution in [0.3, 0.4) is 0 Å². The van der Waals surface area contributed by atoms with Gasteiger partial charge in [-0.1, -0.05) is 23.5 Å². The second-order valence-corrected chi connectivity index (χ2v) is 4.78. The van der Waals surface area contributed by atoms with Crippen molar-refractivity contribution < 1.29 is 4.39 Å². The topological polar surface area (TPSA) is 37.8 Å². The van der Waals surface area contributed by atoms with Gasteiger partial charge in [-0.3, -0.25) is 0 Å². The van der Waals surface area contributed by atoms with Crippen LogP contribution in [0.2, 0.25) is 0 Å². The molecule has 1 N–H and O–H groups in total. The fraction of sp³-hybridized carbons (Fsp3) is 0.333. The molecule has 1 heterocycles. The van der Waals surface area contributed by atoms with Gasteiger partial charge in [-0.15, -0.1) is 10.2 Å². The third-order valence-electron chi connectivity index (χ3n) is 2.36. The fourth-order valence-electron chi connectivity index (χ4n) is 1.51. The molecule has 0 fully saturated rings. The van der Waals surface area contributed by atoms with E-state index in [-0.39, 0.29) is 5.82 Å². The number of nitrogens with zero attached hydrogens (tertiary/aromatic N) is 2. The van der Waals surface area contributed by atoms with Gasteiger partial charge in [-0.05, 0) is 32.1 Å². The SMILES string of the molecule is CNCCCc1nnc(-c2cccc(F)c2)s1. The van der Waals surface area contributed by atoms with Crippen molar-refractivity contribution in [2.24, 2.45) is 0 Å². The Kier molecular flexibility index (Phi) is 4.17. The number of benzene rings is 1. The molecule has 0 spiro atoms. The van der Waals surface area contributed by atoms with E-state index >= 15 is 0 Å². The molecule has 0 aliphatic heterocycles. The van der Waals surface area contributed by atoms with Crippen molar-refractivity contribution in [3.8, 4) is 10.6 Å². The minimum atomic E-state index is -0.241. The Morgan fingerprint density at radius 1 is 1.35 bits per heavy atom. The van der Waals surface area contributed by atoms with Gasteiger partial charge in [0, 0.05) is 12.0 Å². The first-order valence-electron chi connectivity index (χ1n) is 5.52. The number of halogens is 1. The number of rotatable bonds is 5. The van der Waals surface area contributed by atoms with Gasteiger partial charge < -0.3 is 5.32 Å². The zero-order chi connectivity index (χ0) is 12.1. The third kappa shape index (κ3) is 3.31. The molecule has 0 aliphatic carbocycles. The van der Waals surface area contributed by atoms with E-state index in [1.54, 1.807) is 6.07 Å². The fourth-order valence-corrected chi connectivity index (χ4v) is 2.39. The summed E-state index contributed by atoms with van der Waals surface area (Å²) in [6, 6.07) is 6.45. The summed E-state index contributed by atoms with van der Waals surface area (Å²) in [7, 11) is 1.93. The van der Waals surface area contributed by atoms with E-state index in [1.165, 1.54) is 23.5 Å². The summed E-state index contributed by atoms with van der Waals surface area (Å²) in [5.74, 6) is -0.241. The van der Waals surface area contributed by atoms with Gasteiger partial charge in [0.05, 0.1) is 0 Å². The summed E-state index contributed by atoms with van der Waals surface area (Å²) in [5.41, 5.74) is 0.794. The number of aromatic nitrogens is 2. The molecule has 2 aromatic rings. The maximum atomic E-state index is 13.1. The van der Waals surface area contributed by atoms with Crippen LogP contribution in [-0.4, -0.2) is 23.8 Å². The highest BCUT2D eigenvalue weighted by molar-refractivity contribution is 7.14. The molecule has 0 saturated heterocycles. The highest BCUT2D eigenvalue weighted by atomic mass is 32.1. The van der Waals surface area contributed by atoms with Crippen LogP contribution in [0.15, 0.2) is 24.3 Å². The largest absolute Gasteiger partial charge is 0.320 e. The normalized spacial score (nSPS) is 10.7. The predicted octanol–water partition coefficient (Wildman–Crippen LogP) is 2.50. The Balaban J connectivity index is 2.07. The molecule has 5 heteroatoms. The number of hydrogen-bond donors (Lipinski definition) is 1. The molecular formula is C12H14FN3S. The lowest BCUT2D eigenvalue weighted by molar-refractivity contribution is 0.628. The summed E-state index contributed by atoms with van der Waals surface area (Å²) in [5, 5.41) is 13.1. The van der Waals surface area contributed by atoms with Crippen LogP contribution in [0.1, 0.15) is 11.4 Å². The van der Waals surface area contributed by atoms with Gasteiger partial charge in [0.1, 0.15) is 15.8 Å². The maximum Gasteiger partial charge on any atom is 0.147 e. The van der Waals surface area contributed by atoms with Crippen molar-refractivity contribution in [1.82, 2.24) is 15.5 Å². The molecule has 0 radical (unpaired) electrons. The zero-order valence-electron chi connectivity index (χ0n) is 9.61. The summed E-state index contributed by atoms with van der Waals surface area (Å²) in [4.78, 5) is 0. The number of nitrogens with one attached hydrogen (secondary N) is 1. The van der Waals surface area contributed by atoms with Gasteiger partial charge in [-0.25, -0.2) is 4.39 Å². The van der Waals surface area contributed by atoms with E-state index in [9.17, 15) is 4.39 Å². The van der Waals surface area contributed by atoms with Crippen molar-refractivity contribution >= 4 is 11.3 Å². The second kappa shape index (κ2) is 5.84. The van der Waals surface area contributed by atoms with Gasteiger partial charge in [0.15, 0.2) is 0 Å². The Hall–Kier alpha value is -1.33. The van der Waals surface area contributed by atoms with Crippen LogP contribution in [-0.2, 0) is 6.42 Å². The van der Waals surface area contributed by atoms with Crippen molar-refractivity contribution in [2.75, 3.05) is 13.6 Å². The van der Waals surface area contributed by atoms with Gasteiger partial charge in [0.25, 0.3) is 0 Å². The summed E-state index contributed by atoms with van der Waals surface area (Å²) in [6.07, 6.45) is 1.95. The van der Waals surface area contributed by atoms with E-state index < -0.39 is 0 Å². The molecule has 3 nitrogen and oxygen atoms in total. The molecule has 1 aromatic heterocycles. The Bertz CT molecular complexity index is 484. The number of hydrogen-bond acceptors (Lipinski definition) is 4. The lowest BCUT2D eigenvalue weighted by atomic mass is 10.2. The van der Waals surface area contributed by atoms with Crippen molar-refractivity contribution in [1.29, 1.82) is 0 Å². The molecule has 0 bridgehead atoms.